The molecule has 0 saturated carbocycles. The van der Waals surface area contributed by atoms with E-state index in [1.54, 1.807) is 24.3 Å². The number of carbonyl (C=O) groups excluding carboxylic acids is 1. The van der Waals surface area contributed by atoms with Gasteiger partial charge in [-0.05, 0) is 68.9 Å². The molecular weight excluding hydrogens is 398 g/mol. The molecular formula is C23H23N3O3S. The number of hydrogen-bond acceptors (Lipinski definition) is 6. The second-order valence-electron chi connectivity index (χ2n) is 7.74. The third-order valence-electron chi connectivity index (χ3n) is 5.53. The lowest BCUT2D eigenvalue weighted by atomic mass is 9.88. The normalized spacial score (nSPS) is 15.3. The van der Waals surface area contributed by atoms with E-state index in [1.165, 1.54) is 16.2 Å². The lowest BCUT2D eigenvalue weighted by Gasteiger charge is -2.17. The zero-order valence-corrected chi connectivity index (χ0v) is 18.1. The number of thiophene rings is 1. The molecule has 0 bridgehead atoms. The number of aromatic nitrogens is 1. The van der Waals surface area contributed by atoms with Crippen LogP contribution in [-0.2, 0) is 19.4 Å². The van der Waals surface area contributed by atoms with E-state index in [0.29, 0.717) is 34.4 Å². The van der Waals surface area contributed by atoms with Gasteiger partial charge in [0.2, 0.25) is 0 Å². The number of hydrogen-bond donors (Lipinski definition) is 1. The lowest BCUT2D eigenvalue weighted by molar-refractivity contribution is 0.102. The summed E-state index contributed by atoms with van der Waals surface area (Å²) in [5, 5.41) is 17.1. The molecule has 3 aromatic rings. The molecule has 0 fully saturated rings. The van der Waals surface area contributed by atoms with Gasteiger partial charge >= 0.3 is 0 Å². The van der Waals surface area contributed by atoms with E-state index in [-0.39, 0.29) is 5.91 Å². The van der Waals surface area contributed by atoms with Crippen LogP contribution in [0, 0.1) is 31.1 Å². The summed E-state index contributed by atoms with van der Waals surface area (Å²) in [6.07, 6.45) is 2.96. The molecule has 1 aromatic carbocycles. The summed E-state index contributed by atoms with van der Waals surface area (Å²) in [5.41, 5.74) is 3.98. The molecule has 1 N–H and O–H groups in total. The Hall–Kier alpha value is -3.11. The van der Waals surface area contributed by atoms with Crippen LogP contribution in [0.15, 0.2) is 28.8 Å². The standard InChI is InChI=1S/C23H23N3O3S/c1-13-4-9-18-19(11-24)23(30-21(18)10-13)25-22(27)16-5-7-17(8-6-16)28-12-20-14(2)26-29-15(20)3/h5-8,13H,4,9-10,12H2,1-3H3,(H,25,27)/t13-/m1/s1. The highest BCUT2D eigenvalue weighted by Crippen LogP contribution is 2.39. The smallest absolute Gasteiger partial charge is 0.256 e. The fourth-order valence-corrected chi connectivity index (χ4v) is 5.05. The second kappa shape index (κ2) is 8.33. The number of ether oxygens (including phenoxy) is 1. The molecule has 2 aromatic heterocycles. The first-order valence-electron chi connectivity index (χ1n) is 9.96. The predicted octanol–water partition coefficient (Wildman–Crippen LogP) is 5.18. The van der Waals surface area contributed by atoms with Crippen LogP contribution >= 0.6 is 11.3 Å². The van der Waals surface area contributed by atoms with Gasteiger partial charge in [0.25, 0.3) is 5.91 Å². The maximum Gasteiger partial charge on any atom is 0.256 e. The van der Waals surface area contributed by atoms with Crippen LogP contribution in [0.3, 0.4) is 0 Å². The van der Waals surface area contributed by atoms with Crippen LogP contribution in [0.25, 0.3) is 0 Å². The third-order valence-corrected chi connectivity index (χ3v) is 6.70. The number of benzene rings is 1. The number of nitriles is 1. The first-order valence-corrected chi connectivity index (χ1v) is 10.8. The minimum Gasteiger partial charge on any atom is -0.489 e. The monoisotopic (exact) mass is 421 g/mol. The number of rotatable bonds is 5. The number of nitrogens with zero attached hydrogens (tertiary/aromatic N) is 2. The molecule has 1 atom stereocenters. The van der Waals surface area contributed by atoms with E-state index in [4.69, 9.17) is 9.26 Å². The number of fused-ring (bicyclic) bond motifs is 1. The van der Waals surface area contributed by atoms with Crippen LogP contribution < -0.4 is 10.1 Å². The highest BCUT2D eigenvalue weighted by Gasteiger charge is 2.24. The third kappa shape index (κ3) is 3.96. The predicted molar refractivity (Wildman–Crippen MR) is 115 cm³/mol. The molecule has 0 aliphatic heterocycles. The molecule has 0 saturated heterocycles. The van der Waals surface area contributed by atoms with Crippen molar-refractivity contribution in [3.05, 3.63) is 62.9 Å². The van der Waals surface area contributed by atoms with Crippen molar-refractivity contribution in [1.82, 2.24) is 5.16 Å². The van der Waals surface area contributed by atoms with Gasteiger partial charge in [-0.1, -0.05) is 12.1 Å². The summed E-state index contributed by atoms with van der Waals surface area (Å²) in [6.45, 7) is 6.31. The Bertz CT molecular complexity index is 1100. The molecule has 154 valence electrons. The molecule has 1 amide bonds. The molecule has 0 spiro atoms. The van der Waals surface area contributed by atoms with Crippen LogP contribution in [0.4, 0.5) is 5.00 Å². The van der Waals surface area contributed by atoms with E-state index in [2.05, 4.69) is 23.5 Å². The van der Waals surface area contributed by atoms with E-state index < -0.39 is 0 Å². The minimum atomic E-state index is -0.226. The molecule has 0 unspecified atom stereocenters. The summed E-state index contributed by atoms with van der Waals surface area (Å²) in [5.74, 6) is 1.79. The Labute approximate surface area is 179 Å². The van der Waals surface area contributed by atoms with Gasteiger partial charge in [0, 0.05) is 10.4 Å². The van der Waals surface area contributed by atoms with Crippen molar-refractivity contribution in [1.29, 1.82) is 5.26 Å². The summed E-state index contributed by atoms with van der Waals surface area (Å²) in [7, 11) is 0. The van der Waals surface area contributed by atoms with Crippen molar-refractivity contribution in [2.45, 2.75) is 46.6 Å². The van der Waals surface area contributed by atoms with Gasteiger partial charge in [-0.25, -0.2) is 0 Å². The zero-order valence-electron chi connectivity index (χ0n) is 17.2. The molecule has 1 aliphatic carbocycles. The molecule has 7 heteroatoms. The number of aryl methyl sites for hydroxylation is 2. The van der Waals surface area contributed by atoms with Crippen LogP contribution in [0.5, 0.6) is 5.75 Å². The first kappa shape index (κ1) is 20.2. The average Bonchev–Trinajstić information content (AvgIpc) is 3.24. The molecule has 6 nitrogen and oxygen atoms in total. The molecule has 2 heterocycles. The second-order valence-corrected chi connectivity index (χ2v) is 8.84. The number of carbonyl (C=O) groups is 1. The van der Waals surface area contributed by atoms with Gasteiger partial charge in [0.05, 0.1) is 16.8 Å². The van der Waals surface area contributed by atoms with Gasteiger partial charge in [0.1, 0.15) is 29.2 Å². The number of amides is 1. The fourth-order valence-electron chi connectivity index (χ4n) is 3.70. The van der Waals surface area contributed by atoms with E-state index >= 15 is 0 Å². The van der Waals surface area contributed by atoms with Crippen molar-refractivity contribution in [2.24, 2.45) is 5.92 Å². The van der Waals surface area contributed by atoms with Crippen LogP contribution in [0.1, 0.15) is 56.7 Å². The summed E-state index contributed by atoms with van der Waals surface area (Å²) in [4.78, 5) is 14.0. The highest BCUT2D eigenvalue weighted by molar-refractivity contribution is 7.16. The molecule has 30 heavy (non-hydrogen) atoms. The first-order chi connectivity index (χ1) is 14.5. The van der Waals surface area contributed by atoms with E-state index in [9.17, 15) is 10.1 Å². The molecule has 1 aliphatic rings. The van der Waals surface area contributed by atoms with Gasteiger partial charge in [-0.3, -0.25) is 4.79 Å². The van der Waals surface area contributed by atoms with Gasteiger partial charge in [-0.15, -0.1) is 11.3 Å². The van der Waals surface area contributed by atoms with Gasteiger partial charge in [-0.2, -0.15) is 5.26 Å². The maximum absolute atomic E-state index is 12.7. The van der Waals surface area contributed by atoms with E-state index in [0.717, 1.165) is 41.8 Å². The topological polar surface area (TPSA) is 88.2 Å². The Morgan fingerprint density at radius 2 is 2.13 bits per heavy atom. The average molecular weight is 422 g/mol. The van der Waals surface area contributed by atoms with Crippen molar-refractivity contribution in [2.75, 3.05) is 5.32 Å². The summed E-state index contributed by atoms with van der Waals surface area (Å²) in [6, 6.07) is 9.26. The molecule has 4 rings (SSSR count). The Kier molecular flexibility index (Phi) is 5.60. The minimum absolute atomic E-state index is 0.226. The Morgan fingerprint density at radius 3 is 2.80 bits per heavy atom. The quantitative estimate of drug-likeness (QED) is 0.613. The highest BCUT2D eigenvalue weighted by atomic mass is 32.1. The van der Waals surface area contributed by atoms with E-state index in [1.807, 2.05) is 13.8 Å². The van der Waals surface area contributed by atoms with Crippen molar-refractivity contribution >= 4 is 22.2 Å². The Balaban J connectivity index is 1.44. The van der Waals surface area contributed by atoms with Crippen molar-refractivity contribution in [3.63, 3.8) is 0 Å². The summed E-state index contributed by atoms with van der Waals surface area (Å²) < 4.78 is 10.9. The SMILES string of the molecule is Cc1noc(C)c1COc1ccc(C(=O)Nc2sc3c(c2C#N)CC[C@@H](C)C3)cc1. The van der Waals surface area contributed by atoms with Crippen molar-refractivity contribution < 1.29 is 14.1 Å². The van der Waals surface area contributed by atoms with Crippen LogP contribution in [0.2, 0.25) is 0 Å². The lowest BCUT2D eigenvalue weighted by Crippen LogP contribution is -2.12. The molecule has 0 radical (unpaired) electrons. The Morgan fingerprint density at radius 1 is 1.37 bits per heavy atom. The van der Waals surface area contributed by atoms with Gasteiger partial charge < -0.3 is 14.6 Å². The maximum atomic E-state index is 12.7. The van der Waals surface area contributed by atoms with Crippen LogP contribution in [-0.4, -0.2) is 11.1 Å². The fraction of sp³-hybridized carbons (Fsp3) is 0.348. The van der Waals surface area contributed by atoms with Crippen molar-refractivity contribution in [3.8, 4) is 11.8 Å². The number of nitrogens with one attached hydrogen (secondary N) is 1. The summed E-state index contributed by atoms with van der Waals surface area (Å²) >= 11 is 1.53. The number of anilines is 1. The largest absolute Gasteiger partial charge is 0.489 e. The zero-order chi connectivity index (χ0) is 21.3. The van der Waals surface area contributed by atoms with Gasteiger partial charge in [0.15, 0.2) is 0 Å².